The molecule has 0 saturated carbocycles. The molecule has 0 bridgehead atoms. The summed E-state index contributed by atoms with van der Waals surface area (Å²) in [5.74, 6) is 1.27. The Balaban J connectivity index is 1.98. The van der Waals surface area contributed by atoms with E-state index in [2.05, 4.69) is 29.7 Å². The first-order chi connectivity index (χ1) is 10.8. The van der Waals surface area contributed by atoms with E-state index in [-0.39, 0.29) is 5.75 Å². The molecule has 0 aliphatic heterocycles. The zero-order chi connectivity index (χ0) is 15.4. The molecule has 1 aromatic heterocycles. The van der Waals surface area contributed by atoms with Crippen LogP contribution in [0.15, 0.2) is 48.5 Å². The van der Waals surface area contributed by atoms with Crippen molar-refractivity contribution in [3.8, 4) is 17.1 Å². The van der Waals surface area contributed by atoms with Crippen LogP contribution in [0.4, 0.5) is 0 Å². The van der Waals surface area contributed by atoms with Crippen molar-refractivity contribution in [3.63, 3.8) is 0 Å². The first-order valence-electron chi connectivity index (χ1n) is 8.04. The fraction of sp³-hybridized carbons (Fsp3) is 0.316. The number of rotatable bonds is 6. The van der Waals surface area contributed by atoms with Gasteiger partial charge < -0.3 is 9.67 Å². The van der Waals surface area contributed by atoms with Crippen LogP contribution < -0.4 is 0 Å². The summed E-state index contributed by atoms with van der Waals surface area (Å²) < 4.78 is 2.30. The molecule has 3 heteroatoms. The van der Waals surface area contributed by atoms with E-state index in [0.717, 1.165) is 23.4 Å². The normalized spacial score (nSPS) is 11.1. The van der Waals surface area contributed by atoms with Crippen LogP contribution in [0.25, 0.3) is 22.4 Å². The van der Waals surface area contributed by atoms with Gasteiger partial charge >= 0.3 is 0 Å². The maximum atomic E-state index is 9.49. The molecule has 0 atom stereocenters. The number of aromatic nitrogens is 2. The summed E-state index contributed by atoms with van der Waals surface area (Å²) in [5.41, 5.74) is 3.26. The number of fused-ring (bicyclic) bond motifs is 1. The second kappa shape index (κ2) is 6.65. The standard InChI is InChI=1S/C19H22N2O/c1-2-3-4-7-14-21-18-9-6-5-8-17(18)20-19(21)15-10-12-16(22)13-11-15/h5-6,8-13,22H,2-4,7,14H2,1H3. The molecule has 2 aromatic carbocycles. The summed E-state index contributed by atoms with van der Waals surface area (Å²) in [6.45, 7) is 3.21. The Labute approximate surface area is 131 Å². The first-order valence-corrected chi connectivity index (χ1v) is 8.04. The Kier molecular flexibility index (Phi) is 4.42. The van der Waals surface area contributed by atoms with Gasteiger partial charge in [0.2, 0.25) is 0 Å². The lowest BCUT2D eigenvalue weighted by Gasteiger charge is -2.09. The third-order valence-corrected chi connectivity index (χ3v) is 4.02. The third kappa shape index (κ3) is 2.98. The van der Waals surface area contributed by atoms with E-state index in [0.29, 0.717) is 0 Å². The maximum Gasteiger partial charge on any atom is 0.141 e. The number of aryl methyl sites for hydroxylation is 1. The van der Waals surface area contributed by atoms with Gasteiger partial charge in [0.05, 0.1) is 11.0 Å². The third-order valence-electron chi connectivity index (χ3n) is 4.02. The predicted molar refractivity (Wildman–Crippen MR) is 91.0 cm³/mol. The monoisotopic (exact) mass is 294 g/mol. The van der Waals surface area contributed by atoms with E-state index >= 15 is 0 Å². The molecule has 114 valence electrons. The van der Waals surface area contributed by atoms with Crippen molar-refractivity contribution in [2.45, 2.75) is 39.2 Å². The molecule has 1 N–H and O–H groups in total. The Morgan fingerprint density at radius 3 is 2.50 bits per heavy atom. The predicted octanol–water partition coefficient (Wildman–Crippen LogP) is 4.99. The average Bonchev–Trinajstić information content (AvgIpc) is 2.91. The smallest absolute Gasteiger partial charge is 0.141 e. The largest absolute Gasteiger partial charge is 0.508 e. The van der Waals surface area contributed by atoms with Crippen LogP contribution in [0.3, 0.4) is 0 Å². The van der Waals surface area contributed by atoms with Crippen LogP contribution >= 0.6 is 0 Å². The number of aromatic hydroxyl groups is 1. The van der Waals surface area contributed by atoms with Crippen LogP contribution in [0, 0.1) is 0 Å². The Morgan fingerprint density at radius 2 is 1.73 bits per heavy atom. The summed E-state index contributed by atoms with van der Waals surface area (Å²) in [5, 5.41) is 9.49. The van der Waals surface area contributed by atoms with Crippen molar-refractivity contribution >= 4 is 11.0 Å². The fourth-order valence-electron chi connectivity index (χ4n) is 2.83. The maximum absolute atomic E-state index is 9.49. The SMILES string of the molecule is CCCCCCn1c(-c2ccc(O)cc2)nc2ccccc21. The molecule has 1 heterocycles. The number of hydrogen-bond donors (Lipinski definition) is 1. The lowest BCUT2D eigenvalue weighted by atomic mass is 10.2. The topological polar surface area (TPSA) is 38.0 Å². The van der Waals surface area contributed by atoms with Crippen LogP contribution in [-0.2, 0) is 6.54 Å². The minimum absolute atomic E-state index is 0.286. The molecule has 0 saturated heterocycles. The number of nitrogens with zero attached hydrogens (tertiary/aromatic N) is 2. The highest BCUT2D eigenvalue weighted by Crippen LogP contribution is 2.26. The summed E-state index contributed by atoms with van der Waals surface area (Å²) in [6.07, 6.45) is 4.94. The Hall–Kier alpha value is -2.29. The second-order valence-electron chi connectivity index (χ2n) is 5.68. The molecule has 22 heavy (non-hydrogen) atoms. The minimum atomic E-state index is 0.286. The van der Waals surface area contributed by atoms with Crippen molar-refractivity contribution in [2.75, 3.05) is 0 Å². The number of hydrogen-bond acceptors (Lipinski definition) is 2. The number of phenolic OH excluding ortho intramolecular Hbond substituents is 1. The lowest BCUT2D eigenvalue weighted by molar-refractivity contribution is 0.475. The van der Waals surface area contributed by atoms with Crippen LogP contribution in [0.2, 0.25) is 0 Å². The average molecular weight is 294 g/mol. The molecule has 0 aliphatic rings. The summed E-state index contributed by atoms with van der Waals surface area (Å²) >= 11 is 0. The summed E-state index contributed by atoms with van der Waals surface area (Å²) in [6, 6.07) is 15.6. The summed E-state index contributed by atoms with van der Waals surface area (Å²) in [4.78, 5) is 4.79. The Bertz CT molecular complexity index is 744. The highest BCUT2D eigenvalue weighted by molar-refractivity contribution is 5.80. The number of unbranched alkanes of at least 4 members (excludes halogenated alkanes) is 3. The highest BCUT2D eigenvalue weighted by Gasteiger charge is 2.11. The number of imidazole rings is 1. The van der Waals surface area contributed by atoms with Gasteiger partial charge in [-0.3, -0.25) is 0 Å². The minimum Gasteiger partial charge on any atom is -0.508 e. The van der Waals surface area contributed by atoms with Crippen molar-refractivity contribution in [2.24, 2.45) is 0 Å². The second-order valence-corrected chi connectivity index (χ2v) is 5.68. The number of benzene rings is 2. The van der Waals surface area contributed by atoms with Crippen molar-refractivity contribution < 1.29 is 5.11 Å². The van der Waals surface area contributed by atoms with Gasteiger partial charge in [-0.1, -0.05) is 38.3 Å². The van der Waals surface area contributed by atoms with E-state index < -0.39 is 0 Å². The Morgan fingerprint density at radius 1 is 0.955 bits per heavy atom. The molecule has 0 fully saturated rings. The van der Waals surface area contributed by atoms with Gasteiger partial charge in [0.15, 0.2) is 0 Å². The quantitative estimate of drug-likeness (QED) is 0.650. The lowest BCUT2D eigenvalue weighted by Crippen LogP contribution is -2.00. The van der Waals surface area contributed by atoms with Gasteiger partial charge in [0, 0.05) is 12.1 Å². The summed E-state index contributed by atoms with van der Waals surface area (Å²) in [7, 11) is 0. The molecule has 0 radical (unpaired) electrons. The van der Waals surface area contributed by atoms with Crippen LogP contribution in [0.5, 0.6) is 5.75 Å². The van der Waals surface area contributed by atoms with Gasteiger partial charge in [-0.15, -0.1) is 0 Å². The van der Waals surface area contributed by atoms with E-state index in [1.165, 1.54) is 31.2 Å². The number of phenols is 1. The molecular weight excluding hydrogens is 272 g/mol. The van der Waals surface area contributed by atoms with Crippen molar-refractivity contribution in [1.82, 2.24) is 9.55 Å². The molecule has 0 spiro atoms. The van der Waals surface area contributed by atoms with Gasteiger partial charge in [-0.2, -0.15) is 0 Å². The molecule has 3 nitrogen and oxygen atoms in total. The van der Waals surface area contributed by atoms with E-state index in [1.807, 2.05) is 18.2 Å². The van der Waals surface area contributed by atoms with E-state index in [4.69, 9.17) is 4.98 Å². The van der Waals surface area contributed by atoms with Crippen molar-refractivity contribution in [3.05, 3.63) is 48.5 Å². The van der Waals surface area contributed by atoms with E-state index in [1.54, 1.807) is 12.1 Å². The van der Waals surface area contributed by atoms with Crippen LogP contribution in [0.1, 0.15) is 32.6 Å². The zero-order valence-corrected chi connectivity index (χ0v) is 13.0. The molecule has 0 unspecified atom stereocenters. The van der Waals surface area contributed by atoms with Gasteiger partial charge in [-0.05, 0) is 42.8 Å². The molecule has 0 aliphatic carbocycles. The molecule has 0 amide bonds. The van der Waals surface area contributed by atoms with Crippen LogP contribution in [-0.4, -0.2) is 14.7 Å². The van der Waals surface area contributed by atoms with Crippen molar-refractivity contribution in [1.29, 1.82) is 0 Å². The van der Waals surface area contributed by atoms with Gasteiger partial charge in [-0.25, -0.2) is 4.98 Å². The first kappa shape index (κ1) is 14.6. The number of para-hydroxylation sites is 2. The van der Waals surface area contributed by atoms with Gasteiger partial charge in [0.25, 0.3) is 0 Å². The van der Waals surface area contributed by atoms with E-state index in [9.17, 15) is 5.11 Å². The molecular formula is C19H22N2O. The molecule has 3 aromatic rings. The van der Waals surface area contributed by atoms with Gasteiger partial charge in [0.1, 0.15) is 11.6 Å². The molecule has 3 rings (SSSR count). The fourth-order valence-corrected chi connectivity index (χ4v) is 2.83. The highest BCUT2D eigenvalue weighted by atomic mass is 16.3. The zero-order valence-electron chi connectivity index (χ0n) is 13.0.